The molecule has 0 saturated carbocycles. The molecule has 0 saturated heterocycles. The van der Waals surface area contributed by atoms with Crippen LogP contribution in [0.2, 0.25) is 0 Å². The van der Waals surface area contributed by atoms with Crippen molar-refractivity contribution in [2.45, 2.75) is 58.6 Å². The van der Waals surface area contributed by atoms with Crippen LogP contribution in [0.3, 0.4) is 0 Å². The number of aliphatic hydroxyl groups is 1. The monoisotopic (exact) mass is 267 g/mol. The van der Waals surface area contributed by atoms with Gasteiger partial charge in [0.15, 0.2) is 0 Å². The minimum absolute atomic E-state index is 0.360. The maximum atomic E-state index is 9.80. The molecular formula is C15H29N3O. The summed E-state index contributed by atoms with van der Waals surface area (Å²) < 4.78 is 1.76. The summed E-state index contributed by atoms with van der Waals surface area (Å²) in [4.78, 5) is 0. The van der Waals surface area contributed by atoms with Crippen LogP contribution in [0.4, 0.5) is 0 Å². The Balaban J connectivity index is 1.87. The Morgan fingerprint density at radius 2 is 2.00 bits per heavy atom. The van der Waals surface area contributed by atoms with Gasteiger partial charge >= 0.3 is 0 Å². The van der Waals surface area contributed by atoms with E-state index < -0.39 is 0 Å². The van der Waals surface area contributed by atoms with E-state index in [4.69, 9.17) is 0 Å². The Morgan fingerprint density at radius 1 is 1.21 bits per heavy atom. The number of hydrogen-bond donors (Lipinski definition) is 2. The summed E-state index contributed by atoms with van der Waals surface area (Å²) in [5, 5.41) is 17.2. The average molecular weight is 267 g/mol. The predicted octanol–water partition coefficient (Wildman–Crippen LogP) is 2.44. The number of nitrogens with zero attached hydrogens (tertiary/aromatic N) is 2. The molecular weight excluding hydrogens is 238 g/mol. The summed E-state index contributed by atoms with van der Waals surface area (Å²) in [6.07, 6.45) is 9.75. The van der Waals surface area contributed by atoms with Gasteiger partial charge in [-0.1, -0.05) is 39.5 Å². The fraction of sp³-hybridized carbons (Fsp3) is 0.800. The van der Waals surface area contributed by atoms with Crippen molar-refractivity contribution in [1.29, 1.82) is 0 Å². The van der Waals surface area contributed by atoms with Gasteiger partial charge in [-0.25, -0.2) is 0 Å². The van der Waals surface area contributed by atoms with Crippen molar-refractivity contribution >= 4 is 0 Å². The molecule has 4 nitrogen and oxygen atoms in total. The highest BCUT2D eigenvalue weighted by Gasteiger charge is 2.04. The van der Waals surface area contributed by atoms with Crippen LogP contribution in [0.5, 0.6) is 0 Å². The lowest BCUT2D eigenvalue weighted by atomic mass is 10.0. The molecule has 1 unspecified atom stereocenters. The maximum Gasteiger partial charge on any atom is 0.0860 e. The van der Waals surface area contributed by atoms with Crippen molar-refractivity contribution < 1.29 is 5.11 Å². The van der Waals surface area contributed by atoms with Gasteiger partial charge in [-0.15, -0.1) is 0 Å². The van der Waals surface area contributed by atoms with Crippen LogP contribution in [0.15, 0.2) is 18.5 Å². The minimum Gasteiger partial charge on any atom is -0.390 e. The van der Waals surface area contributed by atoms with Crippen molar-refractivity contribution in [3.05, 3.63) is 18.5 Å². The van der Waals surface area contributed by atoms with Crippen LogP contribution in [-0.2, 0) is 6.54 Å². The Bertz CT molecular complexity index is 298. The summed E-state index contributed by atoms with van der Waals surface area (Å²) >= 11 is 0. The molecule has 1 aromatic heterocycles. The molecule has 0 aliphatic rings. The van der Waals surface area contributed by atoms with Crippen LogP contribution in [0, 0.1) is 5.92 Å². The van der Waals surface area contributed by atoms with Crippen molar-refractivity contribution in [2.24, 2.45) is 5.92 Å². The molecule has 1 heterocycles. The first kappa shape index (κ1) is 16.2. The summed E-state index contributed by atoms with van der Waals surface area (Å²) in [5.74, 6) is 0.829. The second kappa shape index (κ2) is 9.98. The Morgan fingerprint density at radius 3 is 2.68 bits per heavy atom. The van der Waals surface area contributed by atoms with Crippen molar-refractivity contribution in [2.75, 3.05) is 13.1 Å². The van der Waals surface area contributed by atoms with E-state index in [0.29, 0.717) is 13.1 Å². The molecule has 1 atom stereocenters. The zero-order valence-electron chi connectivity index (χ0n) is 12.4. The third kappa shape index (κ3) is 8.78. The normalized spacial score (nSPS) is 13.1. The fourth-order valence-electron chi connectivity index (χ4n) is 2.11. The van der Waals surface area contributed by atoms with Crippen LogP contribution < -0.4 is 5.32 Å². The number of aromatic nitrogens is 2. The van der Waals surface area contributed by atoms with E-state index in [1.165, 1.54) is 32.1 Å². The smallest absolute Gasteiger partial charge is 0.0860 e. The highest BCUT2D eigenvalue weighted by atomic mass is 16.3. The third-order valence-electron chi connectivity index (χ3n) is 3.22. The van der Waals surface area contributed by atoms with Gasteiger partial charge in [0.05, 0.1) is 12.6 Å². The molecule has 1 aromatic rings. The van der Waals surface area contributed by atoms with Crippen molar-refractivity contribution in [3.63, 3.8) is 0 Å². The molecule has 2 N–H and O–H groups in total. The van der Waals surface area contributed by atoms with Crippen LogP contribution in [0.1, 0.15) is 46.0 Å². The molecule has 0 bridgehead atoms. The molecule has 0 aliphatic heterocycles. The first-order valence-corrected chi connectivity index (χ1v) is 7.54. The zero-order chi connectivity index (χ0) is 13.9. The van der Waals surface area contributed by atoms with E-state index in [-0.39, 0.29) is 6.10 Å². The quantitative estimate of drug-likeness (QED) is 0.605. The predicted molar refractivity (Wildman–Crippen MR) is 79.0 cm³/mol. The first-order valence-electron chi connectivity index (χ1n) is 7.54. The second-order valence-electron chi connectivity index (χ2n) is 5.68. The minimum atomic E-state index is -0.360. The number of nitrogens with one attached hydrogen (secondary N) is 1. The van der Waals surface area contributed by atoms with E-state index in [1.807, 2.05) is 12.3 Å². The Hall–Kier alpha value is -0.870. The molecule has 0 aliphatic carbocycles. The van der Waals surface area contributed by atoms with Crippen molar-refractivity contribution in [3.8, 4) is 0 Å². The number of rotatable bonds is 11. The van der Waals surface area contributed by atoms with Crippen LogP contribution >= 0.6 is 0 Å². The molecule has 19 heavy (non-hydrogen) atoms. The molecule has 0 spiro atoms. The van der Waals surface area contributed by atoms with Gasteiger partial charge in [-0.05, 0) is 24.9 Å². The highest BCUT2D eigenvalue weighted by molar-refractivity contribution is 4.78. The molecule has 0 radical (unpaired) electrons. The lowest BCUT2D eigenvalue weighted by Gasteiger charge is -2.12. The van der Waals surface area contributed by atoms with Crippen LogP contribution in [0.25, 0.3) is 0 Å². The SMILES string of the molecule is CC(C)CCCCCCNCC(O)Cn1cccn1. The molecule has 0 fully saturated rings. The van der Waals surface area contributed by atoms with Gasteiger partial charge in [0.1, 0.15) is 0 Å². The van der Waals surface area contributed by atoms with E-state index in [1.54, 1.807) is 10.9 Å². The largest absolute Gasteiger partial charge is 0.390 e. The third-order valence-corrected chi connectivity index (χ3v) is 3.22. The molecule has 0 aromatic carbocycles. The molecule has 110 valence electrons. The second-order valence-corrected chi connectivity index (χ2v) is 5.68. The van der Waals surface area contributed by atoms with Gasteiger partial charge in [0, 0.05) is 18.9 Å². The number of aliphatic hydroxyl groups excluding tert-OH is 1. The van der Waals surface area contributed by atoms with Gasteiger partial charge in [-0.3, -0.25) is 4.68 Å². The van der Waals surface area contributed by atoms with E-state index in [9.17, 15) is 5.11 Å². The van der Waals surface area contributed by atoms with E-state index >= 15 is 0 Å². The Kier molecular flexibility index (Phi) is 8.50. The van der Waals surface area contributed by atoms with E-state index in [2.05, 4.69) is 24.3 Å². The summed E-state index contributed by atoms with van der Waals surface area (Å²) in [6, 6.07) is 1.87. The maximum absolute atomic E-state index is 9.80. The zero-order valence-corrected chi connectivity index (χ0v) is 12.4. The lowest BCUT2D eigenvalue weighted by molar-refractivity contribution is 0.147. The van der Waals surface area contributed by atoms with E-state index in [0.717, 1.165) is 12.5 Å². The fourth-order valence-corrected chi connectivity index (χ4v) is 2.11. The lowest BCUT2D eigenvalue weighted by Crippen LogP contribution is -2.31. The average Bonchev–Trinajstić information content (AvgIpc) is 2.85. The van der Waals surface area contributed by atoms with Crippen LogP contribution in [-0.4, -0.2) is 34.1 Å². The summed E-state index contributed by atoms with van der Waals surface area (Å²) in [5.41, 5.74) is 0. The van der Waals surface area contributed by atoms with Gasteiger partial charge < -0.3 is 10.4 Å². The first-order chi connectivity index (χ1) is 9.18. The molecule has 4 heteroatoms. The number of unbranched alkanes of at least 4 members (excludes halogenated alkanes) is 3. The van der Waals surface area contributed by atoms with Gasteiger partial charge in [0.2, 0.25) is 0 Å². The summed E-state index contributed by atoms with van der Waals surface area (Å²) in [6.45, 7) is 6.77. The molecule has 1 rings (SSSR count). The van der Waals surface area contributed by atoms with Gasteiger partial charge in [0.25, 0.3) is 0 Å². The topological polar surface area (TPSA) is 50.1 Å². The molecule has 0 amide bonds. The number of hydrogen-bond acceptors (Lipinski definition) is 3. The van der Waals surface area contributed by atoms with Crippen molar-refractivity contribution in [1.82, 2.24) is 15.1 Å². The summed E-state index contributed by atoms with van der Waals surface area (Å²) in [7, 11) is 0. The van der Waals surface area contributed by atoms with Gasteiger partial charge in [-0.2, -0.15) is 5.10 Å². The standard InChI is InChI=1S/C15H29N3O/c1-14(2)8-5-3-4-6-9-16-12-15(19)13-18-11-7-10-17-18/h7,10-11,14-16,19H,3-6,8-9,12-13H2,1-2H3. The highest BCUT2D eigenvalue weighted by Crippen LogP contribution is 2.08. The Labute approximate surface area is 117 Å².